The summed E-state index contributed by atoms with van der Waals surface area (Å²) in [5.74, 6) is 0.756. The van der Waals surface area contributed by atoms with Crippen LogP contribution in [0.4, 0.5) is 5.69 Å². The summed E-state index contributed by atoms with van der Waals surface area (Å²) in [6.45, 7) is 5.62. The van der Waals surface area contributed by atoms with Crippen molar-refractivity contribution in [3.63, 3.8) is 0 Å². The molecule has 3 nitrogen and oxygen atoms in total. The maximum absolute atomic E-state index is 11.7. The van der Waals surface area contributed by atoms with Crippen LogP contribution in [0.1, 0.15) is 20.8 Å². The smallest absolute Gasteiger partial charge is 0.162 e. The Morgan fingerprint density at radius 2 is 2.06 bits per heavy atom. The molecule has 4 heteroatoms. The predicted octanol–water partition coefficient (Wildman–Crippen LogP) is 3.89. The molecule has 0 amide bonds. The van der Waals surface area contributed by atoms with Gasteiger partial charge in [0.2, 0.25) is 0 Å². The fourth-order valence-corrected chi connectivity index (χ4v) is 1.37. The van der Waals surface area contributed by atoms with Gasteiger partial charge in [-0.25, -0.2) is 0 Å². The second-order valence-electron chi connectivity index (χ2n) is 4.94. The first-order valence-corrected chi connectivity index (χ1v) is 6.03. The maximum atomic E-state index is 11.7. The zero-order chi connectivity index (χ0) is 13.8. The van der Waals surface area contributed by atoms with E-state index in [4.69, 9.17) is 16.3 Å². The number of hydrogen-bond acceptors (Lipinski definition) is 3. The quantitative estimate of drug-likeness (QED) is 0.841. The summed E-state index contributed by atoms with van der Waals surface area (Å²) in [4.78, 5) is 11.7. The van der Waals surface area contributed by atoms with E-state index in [1.165, 1.54) is 6.08 Å². The van der Waals surface area contributed by atoms with Gasteiger partial charge in [-0.2, -0.15) is 0 Å². The van der Waals surface area contributed by atoms with Crippen LogP contribution in [-0.2, 0) is 4.79 Å². The molecule has 0 radical (unpaired) electrons. The molecular formula is C14H18ClNO2. The van der Waals surface area contributed by atoms with Gasteiger partial charge < -0.3 is 10.1 Å². The number of hydrogen-bond donors (Lipinski definition) is 1. The van der Waals surface area contributed by atoms with Gasteiger partial charge >= 0.3 is 0 Å². The maximum Gasteiger partial charge on any atom is 0.162 e. The Morgan fingerprint density at radius 1 is 1.39 bits per heavy atom. The number of allylic oxidation sites excluding steroid dienone is 1. The highest BCUT2D eigenvalue weighted by Gasteiger charge is 2.17. The van der Waals surface area contributed by atoms with Gasteiger partial charge in [0, 0.05) is 17.7 Å². The number of rotatable bonds is 4. The third-order valence-corrected chi connectivity index (χ3v) is 2.72. The lowest BCUT2D eigenvalue weighted by Crippen LogP contribution is -2.17. The lowest BCUT2D eigenvalue weighted by Gasteiger charge is -2.13. The van der Waals surface area contributed by atoms with Gasteiger partial charge in [-0.3, -0.25) is 4.79 Å². The molecule has 0 aromatic heterocycles. The Bertz CT molecular complexity index is 461. The molecular weight excluding hydrogens is 250 g/mol. The fourth-order valence-electron chi connectivity index (χ4n) is 1.20. The average molecular weight is 268 g/mol. The van der Waals surface area contributed by atoms with Crippen molar-refractivity contribution in [2.24, 2.45) is 5.41 Å². The fraction of sp³-hybridized carbons (Fsp3) is 0.357. The van der Waals surface area contributed by atoms with Crippen molar-refractivity contribution in [1.82, 2.24) is 0 Å². The highest BCUT2D eigenvalue weighted by molar-refractivity contribution is 6.33. The minimum Gasteiger partial charge on any atom is -0.497 e. The highest BCUT2D eigenvalue weighted by atomic mass is 35.5. The first-order valence-electron chi connectivity index (χ1n) is 5.65. The molecule has 1 rings (SSSR count). The predicted molar refractivity (Wildman–Crippen MR) is 75.2 cm³/mol. The zero-order valence-corrected chi connectivity index (χ0v) is 11.8. The number of nitrogens with one attached hydrogen (secondary N) is 1. The molecule has 0 fully saturated rings. The molecule has 98 valence electrons. The number of ether oxygens (including phenoxy) is 1. The second kappa shape index (κ2) is 5.91. The van der Waals surface area contributed by atoms with Gasteiger partial charge in [-0.15, -0.1) is 0 Å². The van der Waals surface area contributed by atoms with Gasteiger partial charge in [0.25, 0.3) is 0 Å². The van der Waals surface area contributed by atoms with Gasteiger partial charge in [-0.05, 0) is 18.2 Å². The summed E-state index contributed by atoms with van der Waals surface area (Å²) in [6, 6.07) is 5.29. The zero-order valence-electron chi connectivity index (χ0n) is 11.1. The molecule has 0 saturated carbocycles. The summed E-state index contributed by atoms with van der Waals surface area (Å²) in [5, 5.41) is 3.55. The number of carbonyl (C=O) groups is 1. The summed E-state index contributed by atoms with van der Waals surface area (Å²) in [6.07, 6.45) is 3.10. The van der Waals surface area contributed by atoms with Crippen molar-refractivity contribution in [3.05, 3.63) is 35.5 Å². The molecule has 0 aliphatic rings. The molecule has 0 heterocycles. The van der Waals surface area contributed by atoms with Crippen LogP contribution in [0.3, 0.4) is 0 Å². The van der Waals surface area contributed by atoms with Crippen molar-refractivity contribution < 1.29 is 9.53 Å². The second-order valence-corrected chi connectivity index (χ2v) is 5.34. The van der Waals surface area contributed by atoms with Crippen LogP contribution >= 0.6 is 11.6 Å². The first kappa shape index (κ1) is 14.6. The van der Waals surface area contributed by atoms with E-state index in [-0.39, 0.29) is 11.2 Å². The van der Waals surface area contributed by atoms with E-state index in [1.807, 2.05) is 20.8 Å². The summed E-state index contributed by atoms with van der Waals surface area (Å²) >= 11 is 6.02. The topological polar surface area (TPSA) is 38.3 Å². The SMILES string of the molecule is COc1ccc(Cl)c(N/C=C\C(=O)C(C)(C)C)c1. The first-order chi connectivity index (χ1) is 8.34. The third-order valence-electron chi connectivity index (χ3n) is 2.39. The van der Waals surface area contributed by atoms with E-state index in [0.29, 0.717) is 16.5 Å². The number of ketones is 1. The highest BCUT2D eigenvalue weighted by Crippen LogP contribution is 2.26. The molecule has 0 aliphatic heterocycles. The van der Waals surface area contributed by atoms with E-state index < -0.39 is 0 Å². The van der Waals surface area contributed by atoms with Crippen LogP contribution in [0, 0.1) is 5.41 Å². The Hall–Kier alpha value is -1.48. The van der Waals surface area contributed by atoms with E-state index in [0.717, 1.165) is 0 Å². The minimum absolute atomic E-state index is 0.0500. The normalized spacial score (nSPS) is 11.6. The Labute approximate surface area is 113 Å². The van der Waals surface area contributed by atoms with Gasteiger partial charge in [-0.1, -0.05) is 32.4 Å². The third kappa shape index (κ3) is 4.08. The molecule has 1 N–H and O–H groups in total. The number of anilines is 1. The number of halogens is 1. The van der Waals surface area contributed by atoms with Crippen LogP contribution < -0.4 is 10.1 Å². The van der Waals surface area contributed by atoms with E-state index in [2.05, 4.69) is 5.32 Å². The molecule has 0 unspecified atom stereocenters. The van der Waals surface area contributed by atoms with Crippen LogP contribution in [0.2, 0.25) is 5.02 Å². The van der Waals surface area contributed by atoms with Crippen molar-refractivity contribution in [3.8, 4) is 5.75 Å². The molecule has 1 aromatic rings. The van der Waals surface area contributed by atoms with E-state index >= 15 is 0 Å². The van der Waals surface area contributed by atoms with Crippen molar-refractivity contribution in [2.75, 3.05) is 12.4 Å². The lowest BCUT2D eigenvalue weighted by molar-refractivity contribution is -0.121. The Balaban J connectivity index is 2.74. The number of benzene rings is 1. The van der Waals surface area contributed by atoms with Crippen LogP contribution in [0.25, 0.3) is 0 Å². The molecule has 0 aliphatic carbocycles. The number of methoxy groups -OCH3 is 1. The molecule has 0 spiro atoms. The van der Waals surface area contributed by atoms with Crippen LogP contribution in [0.5, 0.6) is 5.75 Å². The number of carbonyl (C=O) groups excluding carboxylic acids is 1. The summed E-state index contributed by atoms with van der Waals surface area (Å²) in [5.41, 5.74) is 0.324. The Morgan fingerprint density at radius 3 is 2.61 bits per heavy atom. The van der Waals surface area contributed by atoms with Crippen LogP contribution in [-0.4, -0.2) is 12.9 Å². The van der Waals surface area contributed by atoms with Crippen LogP contribution in [0.15, 0.2) is 30.5 Å². The van der Waals surface area contributed by atoms with Gasteiger partial charge in [0.1, 0.15) is 5.75 Å². The lowest BCUT2D eigenvalue weighted by atomic mass is 9.91. The van der Waals surface area contributed by atoms with Gasteiger partial charge in [0.15, 0.2) is 5.78 Å². The van der Waals surface area contributed by atoms with E-state index in [9.17, 15) is 4.79 Å². The minimum atomic E-state index is -0.379. The van der Waals surface area contributed by atoms with E-state index in [1.54, 1.807) is 31.5 Å². The van der Waals surface area contributed by atoms with Gasteiger partial charge in [0.05, 0.1) is 17.8 Å². The Kier molecular flexibility index (Phi) is 4.79. The largest absolute Gasteiger partial charge is 0.497 e. The molecule has 0 saturated heterocycles. The molecule has 18 heavy (non-hydrogen) atoms. The standard InChI is InChI=1S/C14H18ClNO2/c1-14(2,3)13(17)7-8-16-12-9-10(18-4)5-6-11(12)15/h5-9,16H,1-4H3/b8-7-. The monoisotopic (exact) mass is 267 g/mol. The van der Waals surface area contributed by atoms with Crippen molar-refractivity contribution in [1.29, 1.82) is 0 Å². The molecule has 0 atom stereocenters. The molecule has 1 aromatic carbocycles. The summed E-state index contributed by atoms with van der Waals surface area (Å²) in [7, 11) is 1.59. The summed E-state index contributed by atoms with van der Waals surface area (Å²) < 4.78 is 5.10. The average Bonchev–Trinajstić information content (AvgIpc) is 2.30. The van der Waals surface area contributed by atoms with Crippen molar-refractivity contribution in [2.45, 2.75) is 20.8 Å². The van der Waals surface area contributed by atoms with Crippen molar-refractivity contribution >= 4 is 23.1 Å². The molecule has 0 bridgehead atoms.